The highest BCUT2D eigenvalue weighted by Gasteiger charge is 2.47. The lowest BCUT2D eigenvalue weighted by atomic mass is 10.1. The molecular formula is C26H21N3O7S. The molecule has 1 fully saturated rings. The molecule has 37 heavy (non-hydrogen) atoms. The number of hydrogen-bond acceptors (Lipinski definition) is 8. The van der Waals surface area contributed by atoms with Crippen molar-refractivity contribution >= 4 is 27.5 Å². The number of hydrogen-bond donors (Lipinski definition) is 0. The smallest absolute Gasteiger partial charge is 0.252 e. The van der Waals surface area contributed by atoms with Crippen molar-refractivity contribution in [2.45, 2.75) is 23.9 Å². The second kappa shape index (κ2) is 9.57. The lowest BCUT2D eigenvalue weighted by molar-refractivity contribution is -0.122. The average Bonchev–Trinajstić information content (AvgIpc) is 3.50. The second-order valence-electron chi connectivity index (χ2n) is 8.36. The molecule has 0 saturated carbocycles. The summed E-state index contributed by atoms with van der Waals surface area (Å²) in [5, 5.41) is 9.05. The third-order valence-electron chi connectivity index (χ3n) is 6.17. The Balaban J connectivity index is 1.53. The Kier molecular flexibility index (Phi) is 6.29. The van der Waals surface area contributed by atoms with E-state index in [1.54, 1.807) is 18.2 Å². The number of sulfonamides is 1. The zero-order chi connectivity index (χ0) is 26.2. The van der Waals surface area contributed by atoms with Crippen LogP contribution in [0.3, 0.4) is 0 Å². The summed E-state index contributed by atoms with van der Waals surface area (Å²) in [5.74, 6) is 0.257. The number of ether oxygens (including phenoxy) is 3. The predicted molar refractivity (Wildman–Crippen MR) is 130 cm³/mol. The normalized spacial score (nSPS) is 16.8. The highest BCUT2D eigenvalue weighted by molar-refractivity contribution is 7.89. The van der Waals surface area contributed by atoms with Crippen LogP contribution in [0, 0.1) is 11.3 Å². The van der Waals surface area contributed by atoms with Gasteiger partial charge >= 0.3 is 0 Å². The number of nitrogens with zero attached hydrogens (tertiary/aromatic N) is 3. The molecule has 3 aromatic carbocycles. The number of rotatable bonds is 7. The van der Waals surface area contributed by atoms with Gasteiger partial charge in [-0.05, 0) is 66.2 Å². The minimum atomic E-state index is -4.23. The van der Waals surface area contributed by atoms with Crippen molar-refractivity contribution in [2.24, 2.45) is 0 Å². The van der Waals surface area contributed by atoms with Crippen LogP contribution in [-0.2, 0) is 26.2 Å². The molecule has 2 aliphatic rings. The third kappa shape index (κ3) is 4.48. The summed E-state index contributed by atoms with van der Waals surface area (Å²) < 4.78 is 44.6. The fourth-order valence-corrected chi connectivity index (χ4v) is 5.83. The van der Waals surface area contributed by atoms with Gasteiger partial charge < -0.3 is 14.2 Å². The van der Waals surface area contributed by atoms with Gasteiger partial charge in [0.05, 0.1) is 35.7 Å². The van der Waals surface area contributed by atoms with Gasteiger partial charge in [-0.2, -0.15) is 9.57 Å². The van der Waals surface area contributed by atoms with Crippen LogP contribution in [-0.4, -0.2) is 44.5 Å². The maximum absolute atomic E-state index is 13.8. The van der Waals surface area contributed by atoms with Gasteiger partial charge in [-0.3, -0.25) is 9.59 Å². The molecule has 1 atom stereocenters. The molecular weight excluding hydrogens is 498 g/mol. The van der Waals surface area contributed by atoms with Crippen molar-refractivity contribution in [3.63, 3.8) is 0 Å². The molecule has 2 heterocycles. The Labute approximate surface area is 213 Å². The van der Waals surface area contributed by atoms with E-state index in [0.29, 0.717) is 28.4 Å². The van der Waals surface area contributed by atoms with E-state index in [1.807, 2.05) is 6.07 Å². The minimum absolute atomic E-state index is 0.0499. The molecule has 0 bridgehead atoms. The topological polar surface area (TPSA) is 126 Å². The summed E-state index contributed by atoms with van der Waals surface area (Å²) >= 11 is 0. The van der Waals surface area contributed by atoms with Crippen molar-refractivity contribution in [2.75, 3.05) is 18.8 Å². The van der Waals surface area contributed by atoms with Crippen LogP contribution < -0.4 is 19.1 Å². The summed E-state index contributed by atoms with van der Waals surface area (Å²) in [6, 6.07) is 17.4. The van der Waals surface area contributed by atoms with Crippen LogP contribution in [0.25, 0.3) is 0 Å². The third-order valence-corrected chi connectivity index (χ3v) is 8.04. The average molecular weight is 520 g/mol. The molecule has 0 spiro atoms. The van der Waals surface area contributed by atoms with E-state index in [4.69, 9.17) is 19.5 Å². The van der Waals surface area contributed by atoms with E-state index >= 15 is 0 Å². The van der Waals surface area contributed by atoms with Gasteiger partial charge in [0.1, 0.15) is 11.8 Å². The monoisotopic (exact) mass is 519 g/mol. The number of carbonyl (C=O) groups excluding carboxylic acids is 2. The van der Waals surface area contributed by atoms with Crippen molar-refractivity contribution in [1.82, 2.24) is 4.31 Å². The van der Waals surface area contributed by atoms with Crippen LogP contribution in [0.2, 0.25) is 0 Å². The fraction of sp³-hybridized carbons (Fsp3) is 0.192. The van der Waals surface area contributed by atoms with Crippen LogP contribution >= 0.6 is 0 Å². The SMILES string of the molecule is COc1ccc(S(=O)(=O)N(Cc2ccc3c(c2)OCO3)C2CC(=O)N(c3ccc(C#N)cc3)C2=O)cc1. The van der Waals surface area contributed by atoms with E-state index in [-0.39, 0.29) is 30.3 Å². The van der Waals surface area contributed by atoms with Crippen LogP contribution in [0.1, 0.15) is 17.5 Å². The van der Waals surface area contributed by atoms with Gasteiger partial charge in [0.2, 0.25) is 22.7 Å². The fourth-order valence-electron chi connectivity index (χ4n) is 4.26. The summed E-state index contributed by atoms with van der Waals surface area (Å²) in [6.07, 6.45) is -0.335. The number of benzene rings is 3. The summed E-state index contributed by atoms with van der Waals surface area (Å²) in [7, 11) is -2.76. The first kappa shape index (κ1) is 24.3. The molecule has 1 unspecified atom stereocenters. The zero-order valence-corrected chi connectivity index (χ0v) is 20.5. The Morgan fingerprint density at radius 1 is 1.03 bits per heavy atom. The van der Waals surface area contributed by atoms with Crippen molar-refractivity contribution in [3.05, 3.63) is 77.9 Å². The van der Waals surface area contributed by atoms with Gasteiger partial charge in [-0.1, -0.05) is 6.07 Å². The molecule has 2 aliphatic heterocycles. The number of amides is 2. The molecule has 5 rings (SSSR count). The summed E-state index contributed by atoms with van der Waals surface area (Å²) in [6.45, 7) is -0.127. The number of anilines is 1. The minimum Gasteiger partial charge on any atom is -0.497 e. The summed E-state index contributed by atoms with van der Waals surface area (Å²) in [4.78, 5) is 27.4. The maximum Gasteiger partial charge on any atom is 0.252 e. The van der Waals surface area contributed by atoms with E-state index in [9.17, 15) is 18.0 Å². The highest BCUT2D eigenvalue weighted by atomic mass is 32.2. The molecule has 0 radical (unpaired) electrons. The first-order chi connectivity index (χ1) is 17.8. The standard InChI is InChI=1S/C26H21N3O7S/c1-34-20-7-9-21(10-8-20)37(32,33)28(15-18-4-11-23-24(12-18)36-16-35-23)22-13-25(30)29(26(22)31)19-5-2-17(14-27)3-6-19/h2-12,22H,13,15-16H2,1H3. The van der Waals surface area contributed by atoms with E-state index in [1.165, 1.54) is 55.6 Å². The largest absolute Gasteiger partial charge is 0.497 e. The van der Waals surface area contributed by atoms with Gasteiger partial charge in [-0.25, -0.2) is 13.3 Å². The molecule has 1 saturated heterocycles. The first-order valence-corrected chi connectivity index (χ1v) is 12.7. The van der Waals surface area contributed by atoms with E-state index < -0.39 is 27.9 Å². The van der Waals surface area contributed by atoms with Crippen LogP contribution in [0.5, 0.6) is 17.2 Å². The Bertz CT molecular complexity index is 1510. The van der Waals surface area contributed by atoms with Crippen molar-refractivity contribution in [3.8, 4) is 23.3 Å². The molecule has 11 heteroatoms. The molecule has 10 nitrogen and oxygen atoms in total. The molecule has 0 N–H and O–H groups in total. The van der Waals surface area contributed by atoms with E-state index in [0.717, 1.165) is 9.21 Å². The zero-order valence-electron chi connectivity index (χ0n) is 19.7. The van der Waals surface area contributed by atoms with Gasteiger partial charge in [0, 0.05) is 6.54 Å². The Morgan fingerprint density at radius 3 is 2.41 bits per heavy atom. The van der Waals surface area contributed by atoms with Crippen LogP contribution in [0.15, 0.2) is 71.6 Å². The number of methoxy groups -OCH3 is 1. The quantitative estimate of drug-likeness (QED) is 0.436. The van der Waals surface area contributed by atoms with Crippen molar-refractivity contribution in [1.29, 1.82) is 5.26 Å². The first-order valence-electron chi connectivity index (χ1n) is 11.2. The van der Waals surface area contributed by atoms with Crippen LogP contribution in [0.4, 0.5) is 5.69 Å². The lowest BCUT2D eigenvalue weighted by Crippen LogP contribution is -2.45. The lowest BCUT2D eigenvalue weighted by Gasteiger charge is -2.27. The molecule has 0 aromatic heterocycles. The Hall–Kier alpha value is -4.40. The highest BCUT2D eigenvalue weighted by Crippen LogP contribution is 2.35. The summed E-state index contributed by atoms with van der Waals surface area (Å²) in [5.41, 5.74) is 1.19. The molecule has 188 valence electrons. The molecule has 2 amide bonds. The molecule has 0 aliphatic carbocycles. The number of nitriles is 1. The van der Waals surface area contributed by atoms with E-state index in [2.05, 4.69) is 0 Å². The Morgan fingerprint density at radius 2 is 1.73 bits per heavy atom. The number of imide groups is 1. The maximum atomic E-state index is 13.8. The second-order valence-corrected chi connectivity index (χ2v) is 10.2. The van der Waals surface area contributed by atoms with Crippen molar-refractivity contribution < 1.29 is 32.2 Å². The number of fused-ring (bicyclic) bond motifs is 1. The van der Waals surface area contributed by atoms with Gasteiger partial charge in [0.25, 0.3) is 5.91 Å². The number of carbonyl (C=O) groups is 2. The van der Waals surface area contributed by atoms with Gasteiger partial charge in [-0.15, -0.1) is 0 Å². The molecule has 3 aromatic rings. The predicted octanol–water partition coefficient (Wildman–Crippen LogP) is 2.82. The van der Waals surface area contributed by atoms with Gasteiger partial charge in [0.15, 0.2) is 11.5 Å².